The number of hydrogen-bond acceptors (Lipinski definition) is 5. The van der Waals surface area contributed by atoms with E-state index in [0.29, 0.717) is 11.3 Å². The van der Waals surface area contributed by atoms with E-state index in [4.69, 9.17) is 4.74 Å². The maximum Gasteiger partial charge on any atom is 0.326 e. The molecule has 0 aliphatic rings. The number of nitrogens with one attached hydrogen (secondary N) is 2. The van der Waals surface area contributed by atoms with Crippen molar-refractivity contribution < 1.29 is 13.2 Å². The number of fused-ring (bicyclic) bond motifs is 1. The van der Waals surface area contributed by atoms with Gasteiger partial charge in [0.05, 0.1) is 22.9 Å². The summed E-state index contributed by atoms with van der Waals surface area (Å²) in [6, 6.07) is 11.1. The molecular weight excluding hydrogens is 358 g/mol. The molecule has 136 valence electrons. The highest BCUT2D eigenvalue weighted by atomic mass is 32.2. The van der Waals surface area contributed by atoms with Crippen LogP contribution < -0.4 is 16.0 Å². The van der Waals surface area contributed by atoms with Gasteiger partial charge in [-0.2, -0.15) is 4.31 Å². The van der Waals surface area contributed by atoms with Crippen LogP contribution in [-0.2, 0) is 16.6 Å². The van der Waals surface area contributed by atoms with Gasteiger partial charge in [-0.1, -0.05) is 18.2 Å². The van der Waals surface area contributed by atoms with Crippen molar-refractivity contribution >= 4 is 20.9 Å². The molecule has 2 N–H and O–H groups in total. The Hall–Kier alpha value is -2.91. The summed E-state index contributed by atoms with van der Waals surface area (Å²) in [6.07, 6.45) is 0. The first kappa shape index (κ1) is 17.9. The lowest BCUT2D eigenvalue weighted by atomic mass is 10.2. The number of methoxy groups -OCH3 is 1. The monoisotopic (exact) mass is 375 g/mol. The fourth-order valence-electron chi connectivity index (χ4n) is 2.64. The smallest absolute Gasteiger partial charge is 0.326 e. The van der Waals surface area contributed by atoms with Gasteiger partial charge in [0.2, 0.25) is 10.0 Å². The van der Waals surface area contributed by atoms with Crippen molar-refractivity contribution in [1.82, 2.24) is 14.3 Å². The van der Waals surface area contributed by atoms with Crippen LogP contribution in [0.2, 0.25) is 0 Å². The van der Waals surface area contributed by atoms with E-state index in [2.05, 4.69) is 9.97 Å². The first-order valence-corrected chi connectivity index (χ1v) is 9.11. The molecule has 0 spiro atoms. The normalized spacial score (nSPS) is 11.8. The second kappa shape index (κ2) is 6.77. The molecule has 1 aromatic heterocycles. The minimum atomic E-state index is -3.85. The van der Waals surface area contributed by atoms with E-state index in [-0.39, 0.29) is 22.3 Å². The summed E-state index contributed by atoms with van der Waals surface area (Å²) in [5.41, 5.74) is -0.311. The van der Waals surface area contributed by atoms with Gasteiger partial charge >= 0.3 is 5.69 Å². The van der Waals surface area contributed by atoms with Crippen LogP contribution in [0.5, 0.6) is 5.75 Å². The minimum absolute atomic E-state index is 0.0417. The lowest BCUT2D eigenvalue weighted by Gasteiger charge is -2.19. The molecule has 0 unspecified atom stereocenters. The molecule has 0 saturated heterocycles. The fraction of sp³-hybridized carbons (Fsp3) is 0.176. The molecule has 0 aliphatic carbocycles. The Morgan fingerprint density at radius 1 is 1.08 bits per heavy atom. The van der Waals surface area contributed by atoms with Gasteiger partial charge in [0.15, 0.2) is 0 Å². The van der Waals surface area contributed by atoms with E-state index in [9.17, 15) is 18.0 Å². The number of hydrogen-bond donors (Lipinski definition) is 2. The Bertz CT molecular complexity index is 1180. The standard InChI is InChI=1S/C17H17N3O5S/c1-20(10-11-5-3-4-6-15(11)25-2)26(23,24)12-7-8-14-13(9-12)16(21)19-17(22)18-14/h3-9H,10H2,1-2H3,(H2,18,19,21,22). The number of ether oxygens (including phenoxy) is 1. The topological polar surface area (TPSA) is 112 Å². The highest BCUT2D eigenvalue weighted by molar-refractivity contribution is 7.89. The van der Waals surface area contributed by atoms with Crippen molar-refractivity contribution in [2.24, 2.45) is 0 Å². The first-order valence-electron chi connectivity index (χ1n) is 7.67. The molecule has 0 bridgehead atoms. The van der Waals surface area contributed by atoms with Crippen molar-refractivity contribution in [3.05, 3.63) is 68.9 Å². The number of H-pyrrole nitrogens is 2. The van der Waals surface area contributed by atoms with Crippen molar-refractivity contribution in [2.75, 3.05) is 14.2 Å². The second-order valence-corrected chi connectivity index (χ2v) is 7.73. The number of aromatic amines is 2. The average Bonchev–Trinajstić information content (AvgIpc) is 2.61. The van der Waals surface area contributed by atoms with E-state index in [1.54, 1.807) is 24.3 Å². The van der Waals surface area contributed by atoms with Crippen molar-refractivity contribution in [3.63, 3.8) is 0 Å². The van der Waals surface area contributed by atoms with Crippen molar-refractivity contribution in [3.8, 4) is 5.75 Å². The van der Waals surface area contributed by atoms with Gasteiger partial charge < -0.3 is 9.72 Å². The average molecular weight is 375 g/mol. The molecular formula is C17H17N3O5S. The molecule has 1 heterocycles. The fourth-order valence-corrected chi connectivity index (χ4v) is 3.82. The number of aromatic nitrogens is 2. The summed E-state index contributed by atoms with van der Waals surface area (Å²) in [5.74, 6) is 0.585. The van der Waals surface area contributed by atoms with E-state index >= 15 is 0 Å². The Balaban J connectivity index is 2.00. The van der Waals surface area contributed by atoms with E-state index in [0.717, 1.165) is 0 Å². The van der Waals surface area contributed by atoms with Crippen LogP contribution >= 0.6 is 0 Å². The van der Waals surface area contributed by atoms with E-state index < -0.39 is 21.3 Å². The Labute approximate surface area is 149 Å². The van der Waals surface area contributed by atoms with Gasteiger partial charge in [-0.3, -0.25) is 9.78 Å². The largest absolute Gasteiger partial charge is 0.496 e. The Morgan fingerprint density at radius 2 is 1.81 bits per heavy atom. The molecule has 0 atom stereocenters. The van der Waals surface area contributed by atoms with Gasteiger partial charge in [-0.25, -0.2) is 13.2 Å². The predicted molar refractivity (Wildman–Crippen MR) is 96.8 cm³/mol. The van der Waals surface area contributed by atoms with Crippen LogP contribution in [0.25, 0.3) is 10.9 Å². The number of rotatable bonds is 5. The van der Waals surface area contributed by atoms with E-state index in [1.807, 2.05) is 0 Å². The Morgan fingerprint density at radius 3 is 2.54 bits per heavy atom. The lowest BCUT2D eigenvalue weighted by molar-refractivity contribution is 0.398. The highest BCUT2D eigenvalue weighted by Gasteiger charge is 2.22. The molecule has 0 fully saturated rings. The number of benzene rings is 2. The molecule has 26 heavy (non-hydrogen) atoms. The molecule has 3 aromatic rings. The van der Waals surface area contributed by atoms with Gasteiger partial charge in [0.1, 0.15) is 5.75 Å². The van der Waals surface area contributed by atoms with Crippen LogP contribution in [0.15, 0.2) is 56.9 Å². The number of sulfonamides is 1. The lowest BCUT2D eigenvalue weighted by Crippen LogP contribution is -2.27. The number of nitrogens with zero attached hydrogens (tertiary/aromatic N) is 1. The maximum atomic E-state index is 12.9. The van der Waals surface area contributed by atoms with Gasteiger partial charge in [-0.15, -0.1) is 0 Å². The third-order valence-corrected chi connectivity index (χ3v) is 5.80. The third kappa shape index (κ3) is 3.26. The van der Waals surface area contributed by atoms with Gasteiger partial charge in [0, 0.05) is 19.2 Å². The van der Waals surface area contributed by atoms with Crippen LogP contribution in [0.1, 0.15) is 5.56 Å². The van der Waals surface area contributed by atoms with Crippen molar-refractivity contribution in [1.29, 1.82) is 0 Å². The molecule has 8 nitrogen and oxygen atoms in total. The Kier molecular flexibility index (Phi) is 4.66. The van der Waals surface area contributed by atoms with E-state index in [1.165, 1.54) is 36.7 Å². The van der Waals surface area contributed by atoms with Crippen LogP contribution in [0.3, 0.4) is 0 Å². The summed E-state index contributed by atoms with van der Waals surface area (Å²) < 4.78 is 32.1. The molecule has 0 radical (unpaired) electrons. The SMILES string of the molecule is COc1ccccc1CN(C)S(=O)(=O)c1ccc2[nH]c(=O)[nH]c(=O)c2c1. The summed E-state index contributed by atoms with van der Waals surface area (Å²) >= 11 is 0. The van der Waals surface area contributed by atoms with Gasteiger partial charge in [0.25, 0.3) is 5.56 Å². The first-order chi connectivity index (χ1) is 12.3. The highest BCUT2D eigenvalue weighted by Crippen LogP contribution is 2.23. The quantitative estimate of drug-likeness (QED) is 0.692. The van der Waals surface area contributed by atoms with Gasteiger partial charge in [-0.05, 0) is 24.3 Å². The minimum Gasteiger partial charge on any atom is -0.496 e. The summed E-state index contributed by atoms with van der Waals surface area (Å²) in [5, 5.41) is 0.0939. The third-order valence-electron chi connectivity index (χ3n) is 4.00. The van der Waals surface area contributed by atoms with Crippen LogP contribution in [-0.4, -0.2) is 36.8 Å². The van der Waals surface area contributed by atoms with Crippen LogP contribution in [0, 0.1) is 0 Å². The zero-order chi connectivity index (χ0) is 18.9. The molecule has 0 amide bonds. The molecule has 2 aromatic carbocycles. The zero-order valence-corrected chi connectivity index (χ0v) is 15.0. The molecule has 9 heteroatoms. The summed E-state index contributed by atoms with van der Waals surface area (Å²) in [7, 11) is -0.882. The zero-order valence-electron chi connectivity index (χ0n) is 14.1. The summed E-state index contributed by atoms with van der Waals surface area (Å²) in [4.78, 5) is 27.7. The molecule has 0 aliphatic heterocycles. The second-order valence-electron chi connectivity index (χ2n) is 5.69. The maximum absolute atomic E-state index is 12.9. The summed E-state index contributed by atoms with van der Waals surface area (Å²) in [6.45, 7) is 0.104. The molecule has 3 rings (SSSR count). The molecule has 0 saturated carbocycles. The van der Waals surface area contributed by atoms with Crippen molar-refractivity contribution in [2.45, 2.75) is 11.4 Å². The number of para-hydroxylation sites is 1. The predicted octanol–water partition coefficient (Wildman–Crippen LogP) is 1.05. The van der Waals surface area contributed by atoms with Crippen LogP contribution in [0.4, 0.5) is 0 Å².